The van der Waals surface area contributed by atoms with Crippen LogP contribution in [0.5, 0.6) is 0 Å². The first-order valence-corrected chi connectivity index (χ1v) is 7.37. The second-order valence-corrected chi connectivity index (χ2v) is 5.54. The number of benzene rings is 1. The van der Waals surface area contributed by atoms with Crippen LogP contribution in [0.4, 0.5) is 0 Å². The van der Waals surface area contributed by atoms with Crippen molar-refractivity contribution in [2.24, 2.45) is 0 Å². The molecule has 0 aliphatic heterocycles. The molecule has 0 fully saturated rings. The average molecular weight is 231 g/mol. The van der Waals surface area contributed by atoms with Crippen molar-refractivity contribution in [2.75, 3.05) is 6.66 Å². The zero-order chi connectivity index (χ0) is 11.4. The Labute approximate surface area is 96.1 Å². The van der Waals surface area contributed by atoms with Crippen LogP contribution in [0.2, 0.25) is 0 Å². The van der Waals surface area contributed by atoms with Crippen LogP contribution in [0.15, 0.2) is 48.7 Å². The Bertz CT molecular complexity index is 479. The average Bonchev–Trinajstić information content (AvgIpc) is 2.30. The van der Waals surface area contributed by atoms with Gasteiger partial charge < -0.3 is 4.57 Å². The molecular weight excluding hydrogens is 217 g/mol. The van der Waals surface area contributed by atoms with Gasteiger partial charge in [0, 0.05) is 23.6 Å². The standard InChI is InChI=1S/C13H14NOP/c1-16(15)10-13-8-7-12(9-14-13)11-5-3-2-4-6-11/h2-9,16H,10H2,1H3. The molecule has 1 aromatic heterocycles. The molecule has 0 N–H and O–H groups in total. The Morgan fingerprint density at radius 2 is 1.81 bits per heavy atom. The Balaban J connectivity index is 2.23. The smallest absolute Gasteiger partial charge is 0.0790 e. The lowest BCUT2D eigenvalue weighted by Gasteiger charge is -2.02. The third-order valence-electron chi connectivity index (χ3n) is 2.36. The molecule has 0 aliphatic rings. The highest BCUT2D eigenvalue weighted by atomic mass is 31.1. The number of hydrogen-bond donors (Lipinski definition) is 0. The number of pyridine rings is 1. The number of hydrogen-bond acceptors (Lipinski definition) is 2. The van der Waals surface area contributed by atoms with Gasteiger partial charge in [0.25, 0.3) is 0 Å². The second-order valence-electron chi connectivity index (χ2n) is 3.78. The topological polar surface area (TPSA) is 30.0 Å². The maximum atomic E-state index is 11.1. The minimum absolute atomic E-state index is 0.597. The summed E-state index contributed by atoms with van der Waals surface area (Å²) in [7, 11) is -1.48. The Kier molecular flexibility index (Phi) is 3.53. The largest absolute Gasteiger partial charge is 0.327 e. The molecule has 2 aromatic rings. The van der Waals surface area contributed by atoms with Crippen molar-refractivity contribution in [2.45, 2.75) is 6.16 Å². The van der Waals surface area contributed by atoms with E-state index in [1.807, 2.05) is 36.5 Å². The molecule has 0 radical (unpaired) electrons. The molecule has 2 nitrogen and oxygen atoms in total. The van der Waals surface area contributed by atoms with Crippen LogP contribution in [0.1, 0.15) is 5.69 Å². The number of nitrogens with zero attached hydrogens (tertiary/aromatic N) is 1. The summed E-state index contributed by atoms with van der Waals surface area (Å²) in [4.78, 5) is 4.32. The van der Waals surface area contributed by atoms with E-state index in [9.17, 15) is 4.57 Å². The molecule has 1 heterocycles. The van der Waals surface area contributed by atoms with Gasteiger partial charge in [-0.25, -0.2) is 0 Å². The maximum Gasteiger partial charge on any atom is 0.0790 e. The minimum Gasteiger partial charge on any atom is -0.327 e. The molecule has 0 bridgehead atoms. The molecule has 0 saturated carbocycles. The minimum atomic E-state index is -1.48. The van der Waals surface area contributed by atoms with Gasteiger partial charge in [0.15, 0.2) is 0 Å². The Morgan fingerprint density at radius 3 is 2.38 bits per heavy atom. The first-order chi connectivity index (χ1) is 7.75. The number of rotatable bonds is 3. The molecule has 0 saturated heterocycles. The highest BCUT2D eigenvalue weighted by Gasteiger charge is 2.00. The first-order valence-electron chi connectivity index (χ1n) is 5.25. The van der Waals surface area contributed by atoms with Crippen molar-refractivity contribution in [1.82, 2.24) is 4.98 Å². The predicted octanol–water partition coefficient (Wildman–Crippen LogP) is 3.44. The van der Waals surface area contributed by atoms with Crippen LogP contribution < -0.4 is 0 Å². The SMILES string of the molecule is C[PH](=O)Cc1ccc(-c2ccccc2)cn1. The van der Waals surface area contributed by atoms with Crippen LogP contribution in [0.25, 0.3) is 11.1 Å². The molecule has 1 aromatic carbocycles. The summed E-state index contributed by atoms with van der Waals surface area (Å²) in [6.45, 7) is 1.76. The van der Waals surface area contributed by atoms with E-state index in [0.29, 0.717) is 6.16 Å². The van der Waals surface area contributed by atoms with E-state index >= 15 is 0 Å². The predicted molar refractivity (Wildman–Crippen MR) is 68.3 cm³/mol. The summed E-state index contributed by atoms with van der Waals surface area (Å²) in [5, 5.41) is 0. The van der Waals surface area contributed by atoms with Crippen molar-refractivity contribution in [3.05, 3.63) is 54.4 Å². The molecule has 2 rings (SSSR count). The molecule has 1 unspecified atom stereocenters. The van der Waals surface area contributed by atoms with Crippen LogP contribution in [0, 0.1) is 0 Å². The van der Waals surface area contributed by atoms with Gasteiger partial charge in [-0.05, 0) is 18.3 Å². The van der Waals surface area contributed by atoms with Gasteiger partial charge in [0.1, 0.15) is 0 Å². The highest BCUT2D eigenvalue weighted by molar-refractivity contribution is 7.42. The second kappa shape index (κ2) is 5.09. The summed E-state index contributed by atoms with van der Waals surface area (Å²) in [5.41, 5.74) is 3.16. The van der Waals surface area contributed by atoms with Gasteiger partial charge in [-0.15, -0.1) is 0 Å². The quantitative estimate of drug-likeness (QED) is 0.757. The van der Waals surface area contributed by atoms with E-state index in [4.69, 9.17) is 0 Å². The van der Waals surface area contributed by atoms with Crippen molar-refractivity contribution >= 4 is 7.80 Å². The Morgan fingerprint density at radius 1 is 1.06 bits per heavy atom. The van der Waals surface area contributed by atoms with E-state index in [1.165, 1.54) is 0 Å². The summed E-state index contributed by atoms with van der Waals surface area (Å²) >= 11 is 0. The molecular formula is C13H14NOP. The van der Waals surface area contributed by atoms with E-state index in [0.717, 1.165) is 16.8 Å². The van der Waals surface area contributed by atoms with Gasteiger partial charge in [0.05, 0.1) is 7.80 Å². The van der Waals surface area contributed by atoms with Crippen LogP contribution >= 0.6 is 7.80 Å². The Hall–Kier alpha value is -1.40. The molecule has 0 amide bonds. The zero-order valence-corrected chi connectivity index (χ0v) is 10.2. The van der Waals surface area contributed by atoms with Crippen LogP contribution in [-0.2, 0) is 10.7 Å². The summed E-state index contributed by atoms with van der Waals surface area (Å²) < 4.78 is 11.1. The fraction of sp³-hybridized carbons (Fsp3) is 0.154. The summed E-state index contributed by atoms with van der Waals surface area (Å²) in [5.74, 6) is 0. The van der Waals surface area contributed by atoms with Gasteiger partial charge in [-0.1, -0.05) is 36.4 Å². The van der Waals surface area contributed by atoms with Crippen LogP contribution in [0.3, 0.4) is 0 Å². The fourth-order valence-corrected chi connectivity index (χ4v) is 2.30. The van der Waals surface area contributed by atoms with Gasteiger partial charge in [-0.2, -0.15) is 0 Å². The molecule has 0 aliphatic carbocycles. The molecule has 16 heavy (non-hydrogen) atoms. The molecule has 82 valence electrons. The van der Waals surface area contributed by atoms with Crippen molar-refractivity contribution in [3.63, 3.8) is 0 Å². The zero-order valence-electron chi connectivity index (χ0n) is 9.18. The summed E-state index contributed by atoms with van der Waals surface area (Å²) in [6.07, 6.45) is 2.44. The van der Waals surface area contributed by atoms with Gasteiger partial charge in [-0.3, -0.25) is 4.98 Å². The molecule has 0 spiro atoms. The van der Waals surface area contributed by atoms with E-state index in [-0.39, 0.29) is 0 Å². The van der Waals surface area contributed by atoms with E-state index in [2.05, 4.69) is 17.1 Å². The highest BCUT2D eigenvalue weighted by Crippen LogP contribution is 2.22. The number of aromatic nitrogens is 1. The fourth-order valence-electron chi connectivity index (χ4n) is 1.59. The van der Waals surface area contributed by atoms with Crippen LogP contribution in [-0.4, -0.2) is 11.6 Å². The molecule has 3 heteroatoms. The third-order valence-corrected chi connectivity index (χ3v) is 3.22. The maximum absolute atomic E-state index is 11.1. The van der Waals surface area contributed by atoms with Crippen molar-refractivity contribution in [1.29, 1.82) is 0 Å². The lowest BCUT2D eigenvalue weighted by Crippen LogP contribution is -1.86. The normalized spacial score (nSPS) is 12.3. The van der Waals surface area contributed by atoms with Crippen molar-refractivity contribution in [3.8, 4) is 11.1 Å². The monoisotopic (exact) mass is 231 g/mol. The molecule has 1 atom stereocenters. The van der Waals surface area contributed by atoms with E-state index in [1.54, 1.807) is 6.66 Å². The summed E-state index contributed by atoms with van der Waals surface area (Å²) in [6, 6.07) is 14.1. The van der Waals surface area contributed by atoms with Gasteiger partial charge in [0.2, 0.25) is 0 Å². The third kappa shape index (κ3) is 2.80. The van der Waals surface area contributed by atoms with E-state index < -0.39 is 7.80 Å². The van der Waals surface area contributed by atoms with Crippen molar-refractivity contribution < 1.29 is 4.57 Å². The lowest BCUT2D eigenvalue weighted by atomic mass is 10.1. The first kappa shape index (κ1) is 11.1. The lowest BCUT2D eigenvalue weighted by molar-refractivity contribution is 0.590. The van der Waals surface area contributed by atoms with Gasteiger partial charge >= 0.3 is 0 Å².